The average molecular weight is 287 g/mol. The van der Waals surface area contributed by atoms with Crippen LogP contribution in [0.3, 0.4) is 0 Å². The third-order valence-electron chi connectivity index (χ3n) is 2.67. The maximum absolute atomic E-state index is 12.0. The van der Waals surface area contributed by atoms with E-state index < -0.39 is 15.6 Å². The van der Waals surface area contributed by atoms with Gasteiger partial charge in [0.15, 0.2) is 0 Å². The van der Waals surface area contributed by atoms with Gasteiger partial charge in [0.1, 0.15) is 0 Å². The summed E-state index contributed by atoms with van der Waals surface area (Å²) in [4.78, 5) is 0.155. The van der Waals surface area contributed by atoms with Crippen LogP contribution in [0.1, 0.15) is 13.8 Å². The van der Waals surface area contributed by atoms with Crippen LogP contribution >= 0.6 is 0 Å². The number of hydrogen-bond acceptors (Lipinski definition) is 5. The monoisotopic (exact) mass is 287 g/mol. The first-order chi connectivity index (χ1) is 8.60. The van der Waals surface area contributed by atoms with Crippen LogP contribution in [-0.4, -0.2) is 44.1 Å². The molecule has 0 fully saturated rings. The van der Waals surface area contributed by atoms with E-state index in [4.69, 9.17) is 5.73 Å². The number of hydrogen-bond donors (Lipinski definition) is 3. The molecule has 0 unspecified atom stereocenters. The summed E-state index contributed by atoms with van der Waals surface area (Å²) in [6.45, 7) is 3.48. The highest BCUT2D eigenvalue weighted by atomic mass is 32.2. The van der Waals surface area contributed by atoms with Gasteiger partial charge in [0.05, 0.1) is 28.4 Å². The molecule has 0 aliphatic carbocycles. The molecule has 19 heavy (non-hydrogen) atoms. The van der Waals surface area contributed by atoms with Crippen LogP contribution in [0.5, 0.6) is 0 Å². The van der Waals surface area contributed by atoms with Gasteiger partial charge in [0.2, 0.25) is 10.0 Å². The predicted molar refractivity (Wildman–Crippen MR) is 76.5 cm³/mol. The molecule has 0 radical (unpaired) electrons. The van der Waals surface area contributed by atoms with Crippen molar-refractivity contribution >= 4 is 21.4 Å². The Morgan fingerprint density at radius 1 is 1.37 bits per heavy atom. The van der Waals surface area contributed by atoms with E-state index in [1.54, 1.807) is 13.8 Å². The molecule has 7 heteroatoms. The van der Waals surface area contributed by atoms with E-state index in [1.807, 2.05) is 0 Å². The van der Waals surface area contributed by atoms with Crippen molar-refractivity contribution in [3.8, 4) is 0 Å². The molecule has 0 aliphatic rings. The van der Waals surface area contributed by atoms with E-state index in [1.165, 1.54) is 32.3 Å². The molecule has 0 bridgehead atoms. The number of rotatable bonds is 5. The van der Waals surface area contributed by atoms with Gasteiger partial charge in [-0.25, -0.2) is 12.7 Å². The van der Waals surface area contributed by atoms with Crippen LogP contribution in [0.2, 0.25) is 0 Å². The number of nitrogens with one attached hydrogen (secondary N) is 1. The van der Waals surface area contributed by atoms with E-state index in [0.717, 1.165) is 4.31 Å². The topological polar surface area (TPSA) is 95.7 Å². The summed E-state index contributed by atoms with van der Waals surface area (Å²) in [6.07, 6.45) is 0. The molecular weight excluding hydrogens is 266 g/mol. The number of sulfonamides is 1. The van der Waals surface area contributed by atoms with Gasteiger partial charge >= 0.3 is 0 Å². The maximum atomic E-state index is 12.0. The van der Waals surface area contributed by atoms with Crippen LogP contribution in [0.25, 0.3) is 0 Å². The van der Waals surface area contributed by atoms with Crippen molar-refractivity contribution in [2.45, 2.75) is 24.3 Å². The molecule has 108 valence electrons. The third-order valence-corrected chi connectivity index (χ3v) is 4.48. The van der Waals surface area contributed by atoms with Crippen LogP contribution < -0.4 is 11.1 Å². The molecule has 0 aliphatic heterocycles. The zero-order valence-electron chi connectivity index (χ0n) is 11.6. The molecule has 0 spiro atoms. The summed E-state index contributed by atoms with van der Waals surface area (Å²) in [5.74, 6) is 0. The van der Waals surface area contributed by atoms with Crippen molar-refractivity contribution in [3.63, 3.8) is 0 Å². The van der Waals surface area contributed by atoms with Crippen molar-refractivity contribution in [1.29, 1.82) is 0 Å². The third kappa shape index (κ3) is 3.59. The number of aliphatic hydroxyl groups excluding tert-OH is 1. The van der Waals surface area contributed by atoms with Crippen LogP contribution in [0.4, 0.5) is 11.4 Å². The summed E-state index contributed by atoms with van der Waals surface area (Å²) >= 11 is 0. The molecular formula is C12H21N3O3S. The predicted octanol–water partition coefficient (Wildman–Crippen LogP) is 0.702. The molecule has 1 aromatic rings. The van der Waals surface area contributed by atoms with Gasteiger partial charge in [-0.05, 0) is 32.0 Å². The second kappa shape index (κ2) is 5.36. The molecule has 0 saturated carbocycles. The number of nitrogens with two attached hydrogens (primary N) is 1. The summed E-state index contributed by atoms with van der Waals surface area (Å²) in [5, 5.41) is 12.3. The minimum atomic E-state index is -3.50. The van der Waals surface area contributed by atoms with E-state index in [-0.39, 0.29) is 11.5 Å². The lowest BCUT2D eigenvalue weighted by Gasteiger charge is -2.26. The molecule has 0 saturated heterocycles. The van der Waals surface area contributed by atoms with Gasteiger partial charge in [-0.3, -0.25) is 0 Å². The van der Waals surface area contributed by atoms with Gasteiger partial charge in [0, 0.05) is 14.1 Å². The summed E-state index contributed by atoms with van der Waals surface area (Å²) in [5.41, 5.74) is 6.15. The Kier molecular flexibility index (Phi) is 4.44. The lowest BCUT2D eigenvalue weighted by molar-refractivity contribution is 0.234. The first kappa shape index (κ1) is 15.7. The number of anilines is 2. The maximum Gasteiger partial charge on any atom is 0.242 e. The lowest BCUT2D eigenvalue weighted by Crippen LogP contribution is -2.35. The summed E-state index contributed by atoms with van der Waals surface area (Å²) in [7, 11) is -0.566. The number of aliphatic hydroxyl groups is 1. The molecule has 0 aromatic heterocycles. The van der Waals surface area contributed by atoms with Gasteiger partial charge < -0.3 is 16.2 Å². The van der Waals surface area contributed by atoms with Crippen molar-refractivity contribution in [2.75, 3.05) is 31.8 Å². The van der Waals surface area contributed by atoms with E-state index >= 15 is 0 Å². The Labute approximate surface area is 114 Å². The van der Waals surface area contributed by atoms with Crippen molar-refractivity contribution in [1.82, 2.24) is 4.31 Å². The van der Waals surface area contributed by atoms with Crippen molar-refractivity contribution in [3.05, 3.63) is 18.2 Å². The highest BCUT2D eigenvalue weighted by Crippen LogP contribution is 2.26. The molecule has 1 rings (SSSR count). The SMILES string of the molecule is CN(C)S(=O)(=O)c1ccc(N)c(NC(C)(C)CO)c1. The second-order valence-corrected chi connectivity index (χ2v) is 7.36. The number of nitrogen functional groups attached to an aromatic ring is 1. The van der Waals surface area contributed by atoms with E-state index in [2.05, 4.69) is 5.32 Å². The molecule has 4 N–H and O–H groups in total. The molecule has 0 heterocycles. The lowest BCUT2D eigenvalue weighted by atomic mass is 10.1. The van der Waals surface area contributed by atoms with Crippen LogP contribution in [-0.2, 0) is 10.0 Å². The van der Waals surface area contributed by atoms with Gasteiger partial charge in [-0.15, -0.1) is 0 Å². The van der Waals surface area contributed by atoms with Crippen LogP contribution in [0, 0.1) is 0 Å². The van der Waals surface area contributed by atoms with E-state index in [0.29, 0.717) is 11.4 Å². The van der Waals surface area contributed by atoms with E-state index in [9.17, 15) is 13.5 Å². The molecule has 6 nitrogen and oxygen atoms in total. The van der Waals surface area contributed by atoms with Crippen molar-refractivity contribution in [2.24, 2.45) is 0 Å². The van der Waals surface area contributed by atoms with Crippen LogP contribution in [0.15, 0.2) is 23.1 Å². The Morgan fingerprint density at radius 2 is 1.95 bits per heavy atom. The quantitative estimate of drug-likeness (QED) is 0.693. The fraction of sp³-hybridized carbons (Fsp3) is 0.500. The van der Waals surface area contributed by atoms with Gasteiger partial charge in [-0.2, -0.15) is 0 Å². The zero-order valence-corrected chi connectivity index (χ0v) is 12.5. The highest BCUT2D eigenvalue weighted by Gasteiger charge is 2.21. The standard InChI is InChI=1S/C12H21N3O3S/c1-12(2,8-16)14-11-7-9(5-6-10(11)13)19(17,18)15(3)4/h5-7,14,16H,8,13H2,1-4H3. The minimum Gasteiger partial charge on any atom is -0.397 e. The largest absolute Gasteiger partial charge is 0.397 e. The first-order valence-electron chi connectivity index (χ1n) is 5.81. The summed E-state index contributed by atoms with van der Waals surface area (Å²) < 4.78 is 25.2. The zero-order chi connectivity index (χ0) is 14.8. The second-order valence-electron chi connectivity index (χ2n) is 5.20. The van der Waals surface area contributed by atoms with Gasteiger partial charge in [0.25, 0.3) is 0 Å². The average Bonchev–Trinajstić information content (AvgIpc) is 2.31. The Morgan fingerprint density at radius 3 is 2.42 bits per heavy atom. The highest BCUT2D eigenvalue weighted by molar-refractivity contribution is 7.89. The van der Waals surface area contributed by atoms with Crippen molar-refractivity contribution < 1.29 is 13.5 Å². The minimum absolute atomic E-state index is 0.100. The smallest absolute Gasteiger partial charge is 0.242 e. The fourth-order valence-corrected chi connectivity index (χ4v) is 2.35. The number of nitrogens with zero attached hydrogens (tertiary/aromatic N) is 1. The van der Waals surface area contributed by atoms with Gasteiger partial charge in [-0.1, -0.05) is 0 Å². The number of benzene rings is 1. The summed E-state index contributed by atoms with van der Waals surface area (Å²) in [6, 6.07) is 4.47. The Bertz CT molecular complexity index is 553. The Balaban J connectivity index is 3.23. The molecule has 0 atom stereocenters. The molecule has 0 amide bonds. The molecule has 1 aromatic carbocycles. The normalized spacial score (nSPS) is 12.7. The fourth-order valence-electron chi connectivity index (χ4n) is 1.42. The Hall–Kier alpha value is -1.31. The first-order valence-corrected chi connectivity index (χ1v) is 7.25.